The summed E-state index contributed by atoms with van der Waals surface area (Å²) in [6.45, 7) is 3.56. The topological polar surface area (TPSA) is 108 Å². The molecule has 0 aliphatic heterocycles. The fraction of sp³-hybridized carbons (Fsp3) is 0.333. The van der Waals surface area contributed by atoms with Gasteiger partial charge < -0.3 is 14.2 Å². The van der Waals surface area contributed by atoms with Gasteiger partial charge in [-0.2, -0.15) is 0 Å². The van der Waals surface area contributed by atoms with Gasteiger partial charge in [0.15, 0.2) is 5.78 Å². The largest absolute Gasteiger partial charge is 0.496 e. The van der Waals surface area contributed by atoms with Crippen molar-refractivity contribution in [2.45, 2.75) is 31.8 Å². The van der Waals surface area contributed by atoms with Crippen molar-refractivity contribution in [3.05, 3.63) is 53.6 Å². The van der Waals surface area contributed by atoms with Crippen LogP contribution in [0.3, 0.4) is 0 Å². The van der Waals surface area contributed by atoms with Gasteiger partial charge in [0.2, 0.25) is 10.0 Å². The number of esters is 1. The molecule has 9 heteroatoms. The normalized spacial score (nSPS) is 11.0. The van der Waals surface area contributed by atoms with Crippen molar-refractivity contribution < 1.29 is 32.2 Å². The third-order valence-electron chi connectivity index (χ3n) is 4.14. The maximum Gasteiger partial charge on any atom is 0.307 e. The first-order chi connectivity index (χ1) is 14.3. The quantitative estimate of drug-likeness (QED) is 0.427. The maximum absolute atomic E-state index is 12.3. The van der Waals surface area contributed by atoms with E-state index in [0.717, 1.165) is 0 Å². The lowest BCUT2D eigenvalue weighted by Crippen LogP contribution is -2.26. The summed E-state index contributed by atoms with van der Waals surface area (Å²) >= 11 is 0. The highest BCUT2D eigenvalue weighted by molar-refractivity contribution is 7.89. The van der Waals surface area contributed by atoms with E-state index in [0.29, 0.717) is 29.2 Å². The number of Topliss-reactive ketones (excluding diaryl/α,β-unsaturated/α-hetero) is 1. The molecular weight excluding hydrogens is 410 g/mol. The number of sulfonamides is 1. The third-order valence-corrected chi connectivity index (χ3v) is 5.62. The van der Waals surface area contributed by atoms with E-state index in [1.807, 2.05) is 6.92 Å². The molecule has 2 rings (SSSR count). The van der Waals surface area contributed by atoms with Crippen LogP contribution in [0, 0.1) is 0 Å². The van der Waals surface area contributed by atoms with Crippen molar-refractivity contribution in [3.8, 4) is 11.5 Å². The van der Waals surface area contributed by atoms with Crippen molar-refractivity contribution in [1.29, 1.82) is 0 Å². The van der Waals surface area contributed by atoms with Crippen molar-refractivity contribution in [2.75, 3.05) is 20.3 Å². The van der Waals surface area contributed by atoms with Crippen LogP contribution in [0.2, 0.25) is 0 Å². The average Bonchev–Trinajstić information content (AvgIpc) is 2.72. The number of benzene rings is 2. The first kappa shape index (κ1) is 23.4. The monoisotopic (exact) mass is 435 g/mol. The molecule has 162 valence electrons. The first-order valence-electron chi connectivity index (χ1n) is 9.32. The van der Waals surface area contributed by atoms with Gasteiger partial charge in [-0.15, -0.1) is 0 Å². The Morgan fingerprint density at radius 1 is 1.07 bits per heavy atom. The van der Waals surface area contributed by atoms with Crippen LogP contribution in [-0.2, 0) is 26.2 Å². The summed E-state index contributed by atoms with van der Waals surface area (Å²) in [5, 5.41) is 0. The Hall–Kier alpha value is -2.91. The van der Waals surface area contributed by atoms with Gasteiger partial charge in [0.1, 0.15) is 18.1 Å². The van der Waals surface area contributed by atoms with Gasteiger partial charge in [0.05, 0.1) is 25.0 Å². The van der Waals surface area contributed by atoms with Gasteiger partial charge in [-0.25, -0.2) is 13.1 Å². The second kappa shape index (κ2) is 10.7. The van der Waals surface area contributed by atoms with Crippen LogP contribution in [0.1, 0.15) is 36.2 Å². The van der Waals surface area contributed by atoms with E-state index < -0.39 is 16.0 Å². The molecule has 8 nitrogen and oxygen atoms in total. The number of ketones is 1. The minimum atomic E-state index is -3.75. The molecule has 0 heterocycles. The number of carbonyl (C=O) groups is 2. The second-order valence-electron chi connectivity index (χ2n) is 6.30. The number of methoxy groups -OCH3 is 1. The molecule has 0 aliphatic carbocycles. The highest BCUT2D eigenvalue weighted by atomic mass is 32.2. The summed E-state index contributed by atoms with van der Waals surface area (Å²) in [5.74, 6) is 0.363. The molecule has 0 fully saturated rings. The van der Waals surface area contributed by atoms with Crippen LogP contribution in [0.15, 0.2) is 47.4 Å². The molecule has 0 aliphatic rings. The van der Waals surface area contributed by atoms with Gasteiger partial charge in [-0.05, 0) is 56.3 Å². The lowest BCUT2D eigenvalue weighted by atomic mass is 10.1. The molecule has 1 N–H and O–H groups in total. The van der Waals surface area contributed by atoms with E-state index in [9.17, 15) is 18.0 Å². The van der Waals surface area contributed by atoms with Crippen LogP contribution < -0.4 is 14.2 Å². The molecule has 2 aromatic rings. The van der Waals surface area contributed by atoms with E-state index >= 15 is 0 Å². The Balaban J connectivity index is 1.87. The van der Waals surface area contributed by atoms with Crippen molar-refractivity contribution in [2.24, 2.45) is 0 Å². The Bertz CT molecular complexity index is 985. The molecule has 0 aromatic heterocycles. The summed E-state index contributed by atoms with van der Waals surface area (Å²) in [6, 6.07) is 10.8. The lowest BCUT2D eigenvalue weighted by Gasteiger charge is -2.11. The molecule has 0 bridgehead atoms. The second-order valence-corrected chi connectivity index (χ2v) is 8.06. The fourth-order valence-electron chi connectivity index (χ4n) is 2.59. The molecule has 0 saturated carbocycles. The zero-order chi connectivity index (χ0) is 22.1. The number of rotatable bonds is 11. The third kappa shape index (κ3) is 6.57. The number of ether oxygens (including phenoxy) is 3. The highest BCUT2D eigenvalue weighted by Crippen LogP contribution is 2.21. The summed E-state index contributed by atoms with van der Waals surface area (Å²) < 4.78 is 42.6. The molecule has 0 amide bonds. The molecular formula is C21H25NO7S. The Labute approximate surface area is 176 Å². The molecule has 30 heavy (non-hydrogen) atoms. The van der Waals surface area contributed by atoms with Crippen molar-refractivity contribution >= 4 is 21.8 Å². The van der Waals surface area contributed by atoms with E-state index in [-0.39, 0.29) is 30.3 Å². The van der Waals surface area contributed by atoms with Gasteiger partial charge >= 0.3 is 5.97 Å². The highest BCUT2D eigenvalue weighted by Gasteiger charge is 2.15. The Morgan fingerprint density at radius 2 is 1.77 bits per heavy atom. The van der Waals surface area contributed by atoms with Crippen LogP contribution >= 0.6 is 0 Å². The van der Waals surface area contributed by atoms with Gasteiger partial charge in [0, 0.05) is 17.7 Å². The predicted molar refractivity (Wildman–Crippen MR) is 110 cm³/mol. The minimum Gasteiger partial charge on any atom is -0.496 e. The Morgan fingerprint density at radius 3 is 2.37 bits per heavy atom. The summed E-state index contributed by atoms with van der Waals surface area (Å²) in [5.41, 5.74) is 1.03. The smallest absolute Gasteiger partial charge is 0.307 e. The van der Waals surface area contributed by atoms with Crippen molar-refractivity contribution in [1.82, 2.24) is 4.72 Å². The molecule has 0 saturated heterocycles. The molecule has 0 radical (unpaired) electrons. The van der Waals surface area contributed by atoms with Crippen LogP contribution in [0.4, 0.5) is 0 Å². The van der Waals surface area contributed by atoms with Gasteiger partial charge in [-0.1, -0.05) is 0 Å². The van der Waals surface area contributed by atoms with E-state index in [1.165, 1.54) is 26.2 Å². The average molecular weight is 435 g/mol. The van der Waals surface area contributed by atoms with Gasteiger partial charge in [0.25, 0.3) is 0 Å². The van der Waals surface area contributed by atoms with Crippen LogP contribution in [0.5, 0.6) is 11.5 Å². The fourth-order valence-corrected chi connectivity index (χ4v) is 3.63. The summed E-state index contributed by atoms with van der Waals surface area (Å²) in [7, 11) is -2.28. The number of carbonyl (C=O) groups excluding carboxylic acids is 2. The number of hydrogen-bond acceptors (Lipinski definition) is 7. The molecule has 2 aromatic carbocycles. The maximum atomic E-state index is 12.3. The Kier molecular flexibility index (Phi) is 8.37. The summed E-state index contributed by atoms with van der Waals surface area (Å²) in [4.78, 5) is 23.6. The van der Waals surface area contributed by atoms with E-state index in [1.54, 1.807) is 30.3 Å². The predicted octanol–water partition coefficient (Wildman–Crippen LogP) is 2.71. The number of hydrogen-bond donors (Lipinski definition) is 1. The lowest BCUT2D eigenvalue weighted by molar-refractivity contribution is -0.144. The van der Waals surface area contributed by atoms with Gasteiger partial charge in [-0.3, -0.25) is 9.59 Å². The zero-order valence-electron chi connectivity index (χ0n) is 17.1. The SMILES string of the molecule is CCOc1ccc(S(=O)(=O)NCCC(=O)OCc2cc(C(C)=O)ccc2OC)cc1. The molecule has 0 spiro atoms. The van der Waals surface area contributed by atoms with Crippen LogP contribution in [-0.4, -0.2) is 40.4 Å². The standard InChI is InChI=1S/C21H25NO7S/c1-4-28-18-6-8-19(9-7-18)30(25,26)22-12-11-21(24)29-14-17-13-16(15(2)23)5-10-20(17)27-3/h5-10,13,22H,4,11-12,14H2,1-3H3. The zero-order valence-corrected chi connectivity index (χ0v) is 18.0. The first-order valence-corrected chi connectivity index (χ1v) is 10.8. The van der Waals surface area contributed by atoms with Crippen molar-refractivity contribution in [3.63, 3.8) is 0 Å². The molecule has 0 atom stereocenters. The van der Waals surface area contributed by atoms with E-state index in [4.69, 9.17) is 14.2 Å². The number of nitrogens with one attached hydrogen (secondary N) is 1. The minimum absolute atomic E-state index is 0.0742. The van der Waals surface area contributed by atoms with Crippen LogP contribution in [0.25, 0.3) is 0 Å². The van der Waals surface area contributed by atoms with E-state index in [2.05, 4.69) is 4.72 Å². The summed E-state index contributed by atoms with van der Waals surface area (Å²) in [6.07, 6.45) is -0.148. The molecule has 0 unspecified atom stereocenters.